The number of amides is 2. The molecule has 1 saturated heterocycles. The van der Waals surface area contributed by atoms with Crippen molar-refractivity contribution in [2.45, 2.75) is 56.5 Å². The fourth-order valence-corrected chi connectivity index (χ4v) is 5.02. The minimum Gasteiger partial charge on any atom is -0.497 e. The van der Waals surface area contributed by atoms with E-state index in [0.29, 0.717) is 6.04 Å². The highest BCUT2D eigenvalue weighted by molar-refractivity contribution is 6.06. The van der Waals surface area contributed by atoms with Crippen LogP contribution in [0.25, 0.3) is 0 Å². The Morgan fingerprint density at radius 1 is 1.31 bits per heavy atom. The Morgan fingerprint density at radius 2 is 2.08 bits per heavy atom. The van der Waals surface area contributed by atoms with Crippen LogP contribution in [0.1, 0.15) is 44.6 Å². The second-order valence-corrected chi connectivity index (χ2v) is 7.86. The zero-order chi connectivity index (χ0) is 18.3. The molecule has 2 aliphatic heterocycles. The molecule has 0 bridgehead atoms. The van der Waals surface area contributed by atoms with E-state index in [1.165, 1.54) is 0 Å². The highest BCUT2D eigenvalue weighted by Crippen LogP contribution is 2.49. The van der Waals surface area contributed by atoms with Crippen molar-refractivity contribution in [3.05, 3.63) is 23.8 Å². The topological polar surface area (TPSA) is 70.7 Å². The van der Waals surface area contributed by atoms with Crippen molar-refractivity contribution in [3.63, 3.8) is 0 Å². The molecule has 0 aromatic heterocycles. The van der Waals surface area contributed by atoms with Crippen molar-refractivity contribution in [1.82, 2.24) is 10.2 Å². The van der Waals surface area contributed by atoms with E-state index < -0.39 is 0 Å². The number of ether oxygens (including phenoxy) is 1. The molecule has 3 aliphatic rings. The van der Waals surface area contributed by atoms with Gasteiger partial charge in [-0.15, -0.1) is 0 Å². The summed E-state index contributed by atoms with van der Waals surface area (Å²) in [5.41, 5.74) is 1.65. The zero-order valence-electron chi connectivity index (χ0n) is 15.5. The lowest BCUT2D eigenvalue weighted by molar-refractivity contribution is -0.122. The van der Waals surface area contributed by atoms with Crippen LogP contribution in [-0.2, 0) is 15.0 Å². The summed E-state index contributed by atoms with van der Waals surface area (Å²) >= 11 is 0. The molecule has 4 rings (SSSR count). The Morgan fingerprint density at radius 3 is 2.77 bits per heavy atom. The van der Waals surface area contributed by atoms with Crippen LogP contribution >= 0.6 is 0 Å². The van der Waals surface area contributed by atoms with Crippen molar-refractivity contribution in [2.75, 3.05) is 25.5 Å². The Labute approximate surface area is 154 Å². The van der Waals surface area contributed by atoms with Gasteiger partial charge in [0.2, 0.25) is 11.8 Å². The zero-order valence-corrected chi connectivity index (χ0v) is 15.5. The first-order valence-electron chi connectivity index (χ1n) is 9.53. The average molecular weight is 357 g/mol. The van der Waals surface area contributed by atoms with Crippen molar-refractivity contribution in [3.8, 4) is 5.75 Å². The molecule has 0 unspecified atom stereocenters. The number of carbonyl (C=O) groups excluding carboxylic acids is 2. The molecule has 2 amide bonds. The van der Waals surface area contributed by atoms with E-state index in [1.807, 2.05) is 12.1 Å². The molecule has 1 aromatic rings. The van der Waals surface area contributed by atoms with Gasteiger partial charge in [0.1, 0.15) is 5.75 Å². The summed E-state index contributed by atoms with van der Waals surface area (Å²) in [5, 5.41) is 6.10. The minimum atomic E-state index is -0.380. The molecule has 1 aromatic carbocycles. The maximum atomic E-state index is 12.8. The van der Waals surface area contributed by atoms with Crippen LogP contribution < -0.4 is 15.4 Å². The number of methoxy groups -OCH3 is 1. The summed E-state index contributed by atoms with van der Waals surface area (Å²) in [5.74, 6) is 0.960. The third-order valence-electron chi connectivity index (χ3n) is 6.38. The standard InChI is InChI=1S/C20H27N3O3/c1-13(24)21-14-7-10-23(12-14)15-5-8-20(9-6-15)17-4-3-16(26-2)11-18(17)22-19(20)25/h3-4,11,14-15H,5-10,12H2,1-2H3,(H,21,24)(H,22,25)/t14-,15?,20?/m0/s1. The number of hydrogen-bond donors (Lipinski definition) is 2. The van der Waals surface area contributed by atoms with Crippen molar-refractivity contribution in [2.24, 2.45) is 0 Å². The van der Waals surface area contributed by atoms with E-state index in [9.17, 15) is 9.59 Å². The second kappa shape index (κ2) is 6.58. The molecule has 6 nitrogen and oxygen atoms in total. The van der Waals surface area contributed by atoms with E-state index in [4.69, 9.17) is 4.74 Å². The largest absolute Gasteiger partial charge is 0.497 e. The summed E-state index contributed by atoms with van der Waals surface area (Å²) in [4.78, 5) is 26.6. The Hall–Kier alpha value is -2.08. The number of carbonyl (C=O) groups is 2. The molecule has 0 radical (unpaired) electrons. The number of fused-ring (bicyclic) bond motifs is 2. The maximum absolute atomic E-state index is 12.8. The summed E-state index contributed by atoms with van der Waals surface area (Å²) < 4.78 is 5.28. The van der Waals surface area contributed by atoms with Gasteiger partial charge in [-0.3, -0.25) is 14.5 Å². The van der Waals surface area contributed by atoms with E-state index in [1.54, 1.807) is 14.0 Å². The van der Waals surface area contributed by atoms with E-state index in [-0.39, 0.29) is 23.3 Å². The first kappa shape index (κ1) is 17.3. The van der Waals surface area contributed by atoms with E-state index >= 15 is 0 Å². The van der Waals surface area contributed by atoms with Gasteiger partial charge in [0.05, 0.1) is 12.5 Å². The highest BCUT2D eigenvalue weighted by atomic mass is 16.5. The number of nitrogens with one attached hydrogen (secondary N) is 2. The molecule has 1 atom stereocenters. The van der Waals surface area contributed by atoms with Crippen LogP contribution in [0.5, 0.6) is 5.75 Å². The van der Waals surface area contributed by atoms with Gasteiger partial charge in [-0.1, -0.05) is 6.07 Å². The number of hydrogen-bond acceptors (Lipinski definition) is 4. The van der Waals surface area contributed by atoms with Crippen LogP contribution in [-0.4, -0.2) is 49.0 Å². The normalized spacial score (nSPS) is 30.9. The summed E-state index contributed by atoms with van der Waals surface area (Å²) in [7, 11) is 1.64. The number of benzene rings is 1. The molecule has 1 spiro atoms. The van der Waals surface area contributed by atoms with Crippen molar-refractivity contribution in [1.29, 1.82) is 0 Å². The monoisotopic (exact) mass is 357 g/mol. The van der Waals surface area contributed by atoms with Gasteiger partial charge in [0, 0.05) is 43.9 Å². The molecule has 2 N–H and O–H groups in total. The highest BCUT2D eigenvalue weighted by Gasteiger charge is 2.49. The lowest BCUT2D eigenvalue weighted by atomic mass is 9.68. The van der Waals surface area contributed by atoms with Gasteiger partial charge in [0.25, 0.3) is 0 Å². The molecule has 140 valence electrons. The molecule has 2 fully saturated rings. The van der Waals surface area contributed by atoms with E-state index in [0.717, 1.165) is 62.2 Å². The predicted octanol–water partition coefficient (Wildman–Crippen LogP) is 2.04. The van der Waals surface area contributed by atoms with Crippen LogP contribution in [0.15, 0.2) is 18.2 Å². The van der Waals surface area contributed by atoms with Crippen molar-refractivity contribution < 1.29 is 14.3 Å². The number of anilines is 1. The lowest BCUT2D eigenvalue weighted by Crippen LogP contribution is -2.45. The number of rotatable bonds is 3. The predicted molar refractivity (Wildman–Crippen MR) is 99.4 cm³/mol. The first-order valence-corrected chi connectivity index (χ1v) is 9.53. The van der Waals surface area contributed by atoms with Gasteiger partial charge in [0.15, 0.2) is 0 Å². The molecular formula is C20H27N3O3. The van der Waals surface area contributed by atoms with Crippen LogP contribution in [0.4, 0.5) is 5.69 Å². The third kappa shape index (κ3) is 2.86. The third-order valence-corrected chi connectivity index (χ3v) is 6.38. The second-order valence-electron chi connectivity index (χ2n) is 7.86. The van der Waals surface area contributed by atoms with Gasteiger partial charge in [-0.05, 0) is 43.7 Å². The number of nitrogens with zero attached hydrogens (tertiary/aromatic N) is 1. The maximum Gasteiger partial charge on any atom is 0.235 e. The Bertz CT molecular complexity index is 725. The quantitative estimate of drug-likeness (QED) is 0.868. The molecule has 6 heteroatoms. The molecule has 2 heterocycles. The summed E-state index contributed by atoms with van der Waals surface area (Å²) in [6, 6.07) is 6.70. The number of likely N-dealkylation sites (tertiary alicyclic amines) is 1. The summed E-state index contributed by atoms with van der Waals surface area (Å²) in [6.45, 7) is 3.54. The fraction of sp³-hybridized carbons (Fsp3) is 0.600. The van der Waals surface area contributed by atoms with Crippen LogP contribution in [0.2, 0.25) is 0 Å². The molecule has 1 saturated carbocycles. The van der Waals surface area contributed by atoms with Gasteiger partial charge >= 0.3 is 0 Å². The Balaban J connectivity index is 1.44. The van der Waals surface area contributed by atoms with Gasteiger partial charge in [-0.2, -0.15) is 0 Å². The van der Waals surface area contributed by atoms with Gasteiger partial charge in [-0.25, -0.2) is 0 Å². The molecule has 26 heavy (non-hydrogen) atoms. The van der Waals surface area contributed by atoms with Crippen LogP contribution in [0.3, 0.4) is 0 Å². The Kier molecular flexibility index (Phi) is 4.39. The van der Waals surface area contributed by atoms with Crippen LogP contribution in [0, 0.1) is 0 Å². The molecule has 1 aliphatic carbocycles. The lowest BCUT2D eigenvalue weighted by Gasteiger charge is -2.39. The molecular weight excluding hydrogens is 330 g/mol. The summed E-state index contributed by atoms with van der Waals surface area (Å²) in [6.07, 6.45) is 4.82. The fourth-order valence-electron chi connectivity index (χ4n) is 5.02. The first-order chi connectivity index (χ1) is 12.5. The van der Waals surface area contributed by atoms with E-state index in [2.05, 4.69) is 21.6 Å². The smallest absolute Gasteiger partial charge is 0.235 e. The van der Waals surface area contributed by atoms with Crippen molar-refractivity contribution >= 4 is 17.5 Å². The average Bonchev–Trinajstić information content (AvgIpc) is 3.18. The minimum absolute atomic E-state index is 0.0501. The van der Waals surface area contributed by atoms with Gasteiger partial charge < -0.3 is 15.4 Å². The SMILES string of the molecule is COc1ccc2c(c1)NC(=O)C21CCC(N2CC[C@H](NC(C)=O)C2)CC1.